The molecule has 0 saturated carbocycles. The van der Waals surface area contributed by atoms with E-state index in [0.29, 0.717) is 29.6 Å². The van der Waals surface area contributed by atoms with Gasteiger partial charge in [0.1, 0.15) is 0 Å². The third-order valence-electron chi connectivity index (χ3n) is 4.69. The molecule has 3 rings (SSSR count). The summed E-state index contributed by atoms with van der Waals surface area (Å²) in [5, 5.41) is 15.3. The molecule has 9 heteroatoms. The third kappa shape index (κ3) is 5.29. The Morgan fingerprint density at radius 2 is 1.87 bits per heavy atom. The average Bonchev–Trinajstić information content (AvgIpc) is 3.22. The number of benzene rings is 2. The van der Waals surface area contributed by atoms with Crippen LogP contribution in [-0.2, 0) is 11.2 Å². The number of tetrazole rings is 1. The summed E-state index contributed by atoms with van der Waals surface area (Å²) in [5.74, 6) is 1.52. The number of hydrogen-bond donors (Lipinski definition) is 1. The second-order valence-corrected chi connectivity index (χ2v) is 7.66. The molecule has 0 atom stereocenters. The van der Waals surface area contributed by atoms with Crippen molar-refractivity contribution in [1.29, 1.82) is 0 Å². The van der Waals surface area contributed by atoms with Crippen LogP contribution >= 0.6 is 11.8 Å². The Balaban J connectivity index is 1.51. The normalized spacial score (nSPS) is 10.7. The minimum atomic E-state index is -0.0740. The summed E-state index contributed by atoms with van der Waals surface area (Å²) in [4.78, 5) is 12.2. The van der Waals surface area contributed by atoms with Crippen molar-refractivity contribution in [2.45, 2.75) is 25.4 Å². The van der Waals surface area contributed by atoms with Crippen molar-refractivity contribution in [3.8, 4) is 17.2 Å². The first kappa shape index (κ1) is 21.6. The Morgan fingerprint density at radius 1 is 1.07 bits per heavy atom. The number of hydrogen-bond acceptors (Lipinski definition) is 7. The zero-order valence-electron chi connectivity index (χ0n) is 17.5. The van der Waals surface area contributed by atoms with Crippen molar-refractivity contribution in [3.05, 3.63) is 53.1 Å². The second kappa shape index (κ2) is 10.1. The van der Waals surface area contributed by atoms with Crippen LogP contribution in [0.4, 0.5) is 0 Å². The molecule has 0 unspecified atom stereocenters. The van der Waals surface area contributed by atoms with Crippen LogP contribution in [0.3, 0.4) is 0 Å². The smallest absolute Gasteiger partial charge is 0.230 e. The SMILES string of the molecule is COc1ccc(CCNC(=O)CSc2nnnn2-c2ccc(C)c(C)c2)cc1OC. The second-order valence-electron chi connectivity index (χ2n) is 6.72. The van der Waals surface area contributed by atoms with E-state index < -0.39 is 0 Å². The molecular weight excluding hydrogens is 402 g/mol. The first-order valence-corrected chi connectivity index (χ1v) is 10.5. The molecule has 2 aromatic carbocycles. The van der Waals surface area contributed by atoms with E-state index in [1.165, 1.54) is 17.3 Å². The molecule has 158 valence electrons. The minimum absolute atomic E-state index is 0.0740. The molecule has 8 nitrogen and oxygen atoms in total. The fraction of sp³-hybridized carbons (Fsp3) is 0.333. The highest BCUT2D eigenvalue weighted by molar-refractivity contribution is 7.99. The highest BCUT2D eigenvalue weighted by Crippen LogP contribution is 2.27. The van der Waals surface area contributed by atoms with Gasteiger partial charge in [-0.2, -0.15) is 4.68 Å². The molecule has 0 aliphatic carbocycles. The number of nitrogens with zero attached hydrogens (tertiary/aromatic N) is 4. The summed E-state index contributed by atoms with van der Waals surface area (Å²) in [6.45, 7) is 4.62. The largest absolute Gasteiger partial charge is 0.493 e. The monoisotopic (exact) mass is 427 g/mol. The van der Waals surface area contributed by atoms with E-state index in [4.69, 9.17) is 9.47 Å². The van der Waals surface area contributed by atoms with Crippen LogP contribution in [0.15, 0.2) is 41.6 Å². The van der Waals surface area contributed by atoms with Crippen molar-refractivity contribution in [2.24, 2.45) is 0 Å². The first-order valence-electron chi connectivity index (χ1n) is 9.48. The molecule has 0 fully saturated rings. The van der Waals surface area contributed by atoms with Crippen LogP contribution in [0.1, 0.15) is 16.7 Å². The average molecular weight is 428 g/mol. The Kier molecular flexibility index (Phi) is 7.29. The summed E-state index contributed by atoms with van der Waals surface area (Å²) in [5.41, 5.74) is 4.29. The van der Waals surface area contributed by atoms with Gasteiger partial charge in [-0.3, -0.25) is 4.79 Å². The highest BCUT2D eigenvalue weighted by atomic mass is 32.2. The number of carbonyl (C=O) groups excluding carboxylic acids is 1. The number of nitrogens with one attached hydrogen (secondary N) is 1. The third-order valence-corrected chi connectivity index (χ3v) is 5.61. The van der Waals surface area contributed by atoms with Crippen molar-refractivity contribution in [1.82, 2.24) is 25.5 Å². The van der Waals surface area contributed by atoms with Crippen LogP contribution in [-0.4, -0.2) is 52.6 Å². The number of carbonyl (C=O) groups is 1. The van der Waals surface area contributed by atoms with Crippen molar-refractivity contribution >= 4 is 17.7 Å². The van der Waals surface area contributed by atoms with E-state index in [9.17, 15) is 4.79 Å². The predicted octanol–water partition coefficient (Wildman–Crippen LogP) is 2.75. The van der Waals surface area contributed by atoms with Gasteiger partial charge >= 0.3 is 0 Å². The quantitative estimate of drug-likeness (QED) is 0.525. The summed E-state index contributed by atoms with van der Waals surface area (Å²) in [7, 11) is 3.21. The van der Waals surface area contributed by atoms with Crippen LogP contribution in [0.2, 0.25) is 0 Å². The van der Waals surface area contributed by atoms with Gasteiger partial charge in [0.2, 0.25) is 11.1 Å². The maximum atomic E-state index is 12.2. The highest BCUT2D eigenvalue weighted by Gasteiger charge is 2.12. The number of aromatic nitrogens is 4. The van der Waals surface area contributed by atoms with Crippen LogP contribution in [0.5, 0.6) is 11.5 Å². The Labute approximate surface area is 180 Å². The number of methoxy groups -OCH3 is 2. The first-order chi connectivity index (χ1) is 14.5. The van der Waals surface area contributed by atoms with E-state index in [1.807, 2.05) is 43.3 Å². The van der Waals surface area contributed by atoms with Crippen LogP contribution < -0.4 is 14.8 Å². The number of rotatable bonds is 9. The van der Waals surface area contributed by atoms with Gasteiger partial charge in [0.05, 0.1) is 25.7 Å². The van der Waals surface area contributed by atoms with E-state index >= 15 is 0 Å². The van der Waals surface area contributed by atoms with Gasteiger partial charge in [-0.15, -0.1) is 5.10 Å². The lowest BCUT2D eigenvalue weighted by atomic mass is 10.1. The van der Waals surface area contributed by atoms with E-state index in [1.54, 1.807) is 18.9 Å². The van der Waals surface area contributed by atoms with Crippen molar-refractivity contribution in [2.75, 3.05) is 26.5 Å². The fourth-order valence-corrected chi connectivity index (χ4v) is 3.57. The lowest BCUT2D eigenvalue weighted by molar-refractivity contribution is -0.118. The van der Waals surface area contributed by atoms with Crippen LogP contribution in [0.25, 0.3) is 5.69 Å². The Morgan fingerprint density at radius 3 is 2.60 bits per heavy atom. The summed E-state index contributed by atoms with van der Waals surface area (Å²) >= 11 is 1.30. The molecule has 0 bridgehead atoms. The van der Waals surface area contributed by atoms with E-state index in [-0.39, 0.29) is 11.7 Å². The Hall–Kier alpha value is -3.07. The van der Waals surface area contributed by atoms with Gasteiger partial charge < -0.3 is 14.8 Å². The maximum Gasteiger partial charge on any atom is 0.230 e. The molecule has 0 spiro atoms. The number of thioether (sulfide) groups is 1. The van der Waals surface area contributed by atoms with Gasteiger partial charge in [-0.05, 0) is 71.7 Å². The van der Waals surface area contributed by atoms with Crippen molar-refractivity contribution < 1.29 is 14.3 Å². The predicted molar refractivity (Wildman–Crippen MR) is 116 cm³/mol. The standard InChI is InChI=1S/C21H25N5O3S/c1-14-5-7-17(11-15(14)2)26-21(23-24-25-26)30-13-20(27)22-10-9-16-6-8-18(28-3)19(12-16)29-4/h5-8,11-12H,9-10,13H2,1-4H3,(H,22,27). The molecule has 1 aromatic heterocycles. The molecule has 0 saturated heterocycles. The zero-order valence-corrected chi connectivity index (χ0v) is 18.3. The number of ether oxygens (including phenoxy) is 2. The summed E-state index contributed by atoms with van der Waals surface area (Å²) in [6.07, 6.45) is 0.692. The Bertz CT molecular complexity index is 1020. The molecule has 1 amide bonds. The van der Waals surface area contributed by atoms with Gasteiger partial charge in [-0.1, -0.05) is 23.9 Å². The van der Waals surface area contributed by atoms with Crippen molar-refractivity contribution in [3.63, 3.8) is 0 Å². The minimum Gasteiger partial charge on any atom is -0.493 e. The van der Waals surface area contributed by atoms with Gasteiger partial charge in [-0.25, -0.2) is 0 Å². The molecule has 1 N–H and O–H groups in total. The molecule has 0 radical (unpaired) electrons. The van der Waals surface area contributed by atoms with Gasteiger partial charge in [0.15, 0.2) is 11.5 Å². The lowest BCUT2D eigenvalue weighted by Crippen LogP contribution is -2.27. The molecule has 0 aliphatic heterocycles. The fourth-order valence-electron chi connectivity index (χ4n) is 2.85. The van der Waals surface area contributed by atoms with Crippen LogP contribution in [0, 0.1) is 13.8 Å². The zero-order chi connectivity index (χ0) is 21.5. The van der Waals surface area contributed by atoms with E-state index in [0.717, 1.165) is 16.8 Å². The molecule has 1 heterocycles. The number of amides is 1. The summed E-state index contributed by atoms with van der Waals surface area (Å²) < 4.78 is 12.2. The maximum absolute atomic E-state index is 12.2. The summed E-state index contributed by atoms with van der Waals surface area (Å²) in [6, 6.07) is 11.8. The van der Waals surface area contributed by atoms with E-state index in [2.05, 4.69) is 27.8 Å². The number of aryl methyl sites for hydroxylation is 2. The molecule has 0 aliphatic rings. The van der Waals surface area contributed by atoms with Gasteiger partial charge in [0, 0.05) is 6.54 Å². The molecule has 30 heavy (non-hydrogen) atoms. The molecule has 3 aromatic rings. The topological polar surface area (TPSA) is 91.2 Å². The molecular formula is C21H25N5O3S. The van der Waals surface area contributed by atoms with Gasteiger partial charge in [0.25, 0.3) is 0 Å². The lowest BCUT2D eigenvalue weighted by Gasteiger charge is -2.10.